The van der Waals surface area contributed by atoms with Crippen molar-refractivity contribution in [3.63, 3.8) is 0 Å². The first kappa shape index (κ1) is 31.2. The summed E-state index contributed by atoms with van der Waals surface area (Å²) in [5.74, 6) is -3.34. The number of ether oxygens (including phenoxy) is 2. The van der Waals surface area contributed by atoms with Gasteiger partial charge in [-0.05, 0) is 85.4 Å². The van der Waals surface area contributed by atoms with Gasteiger partial charge in [0.25, 0.3) is 0 Å². The summed E-state index contributed by atoms with van der Waals surface area (Å²) < 4.78 is 39.8. The van der Waals surface area contributed by atoms with Gasteiger partial charge < -0.3 is 24.6 Å². The molecule has 0 aliphatic carbocycles. The fourth-order valence-corrected chi connectivity index (χ4v) is 5.37. The molecule has 10 heteroatoms. The predicted molar refractivity (Wildman–Crippen MR) is 155 cm³/mol. The summed E-state index contributed by atoms with van der Waals surface area (Å²) in [7, 11) is 0. The summed E-state index contributed by atoms with van der Waals surface area (Å²) in [5.41, 5.74) is 3.49. The third-order valence-corrected chi connectivity index (χ3v) is 7.81. The molecule has 2 heterocycles. The highest BCUT2D eigenvalue weighted by molar-refractivity contribution is 6.30. The van der Waals surface area contributed by atoms with E-state index in [-0.39, 0.29) is 23.3 Å². The third-order valence-electron chi connectivity index (χ3n) is 7.57. The lowest BCUT2D eigenvalue weighted by Gasteiger charge is -2.43. The number of likely N-dealkylation sites (tertiary alicyclic amines) is 1. The zero-order valence-electron chi connectivity index (χ0n) is 23.1. The van der Waals surface area contributed by atoms with Crippen LogP contribution in [0, 0.1) is 11.6 Å². The van der Waals surface area contributed by atoms with E-state index in [0.717, 1.165) is 66.9 Å². The molecule has 1 spiro atoms. The minimum absolute atomic E-state index is 0.0504. The molecule has 2 aliphatic heterocycles. The van der Waals surface area contributed by atoms with Gasteiger partial charge in [-0.2, -0.15) is 0 Å². The number of rotatable bonds is 5. The van der Waals surface area contributed by atoms with Crippen molar-refractivity contribution in [2.24, 2.45) is 0 Å². The molecule has 0 saturated carbocycles. The molecule has 0 radical (unpaired) electrons. The van der Waals surface area contributed by atoms with E-state index in [0.29, 0.717) is 11.6 Å². The molecule has 1 fully saturated rings. The Morgan fingerprint density at radius 3 is 2.02 bits per heavy atom. The molecule has 0 amide bonds. The molecule has 3 aromatic carbocycles. The number of benzene rings is 3. The van der Waals surface area contributed by atoms with Crippen molar-refractivity contribution in [2.75, 3.05) is 19.6 Å². The largest absolute Gasteiger partial charge is 0.487 e. The van der Waals surface area contributed by atoms with Gasteiger partial charge in [-0.3, -0.25) is 0 Å². The molecular weight excluding hydrogens is 568 g/mol. The molecule has 222 valence electrons. The Kier molecular flexibility index (Phi) is 10.3. The third kappa shape index (κ3) is 7.94. The summed E-state index contributed by atoms with van der Waals surface area (Å²) >= 11 is 6.17. The lowest BCUT2D eigenvalue weighted by atomic mass is 9.86. The zero-order valence-corrected chi connectivity index (χ0v) is 23.8. The second kappa shape index (κ2) is 13.9. The SMILES string of the molecule is CC1Oc2ccc(Cl)cc2COC12CCN(CCC=C(c1ccc(F)cc1)c1ccc(F)cc1)CC2.O=C(O)C(=O)O. The van der Waals surface area contributed by atoms with Crippen molar-refractivity contribution in [3.8, 4) is 5.75 Å². The molecule has 1 saturated heterocycles. The first-order valence-corrected chi connectivity index (χ1v) is 13.9. The molecule has 2 aliphatic rings. The fourth-order valence-electron chi connectivity index (χ4n) is 5.17. The van der Waals surface area contributed by atoms with Gasteiger partial charge in [0.2, 0.25) is 0 Å². The lowest BCUT2D eigenvalue weighted by Crippen LogP contribution is -2.53. The van der Waals surface area contributed by atoms with Gasteiger partial charge in [0.1, 0.15) is 29.1 Å². The molecule has 7 nitrogen and oxygen atoms in total. The van der Waals surface area contributed by atoms with E-state index in [1.54, 1.807) is 24.3 Å². The highest BCUT2D eigenvalue weighted by Gasteiger charge is 2.43. The predicted octanol–water partition coefficient (Wildman–Crippen LogP) is 6.43. The number of carboxylic acids is 2. The average Bonchev–Trinajstić information content (AvgIpc) is 3.10. The minimum atomic E-state index is -1.82. The van der Waals surface area contributed by atoms with Gasteiger partial charge in [-0.15, -0.1) is 0 Å². The van der Waals surface area contributed by atoms with E-state index >= 15 is 0 Å². The van der Waals surface area contributed by atoms with Crippen LogP contribution in [0.15, 0.2) is 72.8 Å². The van der Waals surface area contributed by atoms with Gasteiger partial charge >= 0.3 is 11.9 Å². The van der Waals surface area contributed by atoms with Crippen molar-refractivity contribution < 1.29 is 38.1 Å². The number of hydrogen-bond acceptors (Lipinski definition) is 5. The van der Waals surface area contributed by atoms with Crippen LogP contribution in [0.3, 0.4) is 0 Å². The smallest absolute Gasteiger partial charge is 0.414 e. The zero-order chi connectivity index (χ0) is 30.3. The van der Waals surface area contributed by atoms with Crippen LogP contribution >= 0.6 is 11.6 Å². The number of hydrogen-bond donors (Lipinski definition) is 2. The lowest BCUT2D eigenvalue weighted by molar-refractivity contribution is -0.159. The Balaban J connectivity index is 0.000000612. The average molecular weight is 600 g/mol. The van der Waals surface area contributed by atoms with Crippen LogP contribution in [0.25, 0.3) is 5.57 Å². The van der Waals surface area contributed by atoms with E-state index in [2.05, 4.69) is 17.9 Å². The summed E-state index contributed by atoms with van der Waals surface area (Å²) in [4.78, 5) is 20.6. The molecule has 0 aromatic heterocycles. The fraction of sp³-hybridized carbons (Fsp3) is 0.312. The Bertz CT molecular complexity index is 1360. The number of aliphatic carboxylic acids is 2. The summed E-state index contributed by atoms with van der Waals surface area (Å²) in [5, 5.41) is 15.5. The Hall–Kier alpha value is -3.79. The molecule has 1 atom stereocenters. The monoisotopic (exact) mass is 599 g/mol. The molecule has 0 bridgehead atoms. The summed E-state index contributed by atoms with van der Waals surface area (Å²) in [6.07, 6.45) is 4.73. The quantitative estimate of drug-likeness (QED) is 0.326. The highest BCUT2D eigenvalue weighted by atomic mass is 35.5. The van der Waals surface area contributed by atoms with E-state index < -0.39 is 11.9 Å². The maximum Gasteiger partial charge on any atom is 0.414 e. The van der Waals surface area contributed by atoms with Crippen LogP contribution in [0.1, 0.15) is 42.9 Å². The van der Waals surface area contributed by atoms with Crippen LogP contribution in [0.2, 0.25) is 5.02 Å². The van der Waals surface area contributed by atoms with Crippen molar-refractivity contribution in [2.45, 2.75) is 44.5 Å². The van der Waals surface area contributed by atoms with E-state index in [9.17, 15) is 8.78 Å². The number of carboxylic acid groups (broad SMARTS) is 2. The molecule has 2 N–H and O–H groups in total. The Morgan fingerprint density at radius 2 is 1.50 bits per heavy atom. The number of fused-ring (bicyclic) bond motifs is 1. The molecule has 42 heavy (non-hydrogen) atoms. The minimum Gasteiger partial charge on any atom is -0.487 e. The number of nitrogens with zero attached hydrogens (tertiary/aromatic N) is 1. The maximum atomic E-state index is 13.5. The maximum absolute atomic E-state index is 13.5. The van der Waals surface area contributed by atoms with Crippen molar-refractivity contribution >= 4 is 29.1 Å². The Morgan fingerprint density at radius 1 is 0.952 bits per heavy atom. The van der Waals surface area contributed by atoms with E-state index in [4.69, 9.17) is 40.9 Å². The number of halogens is 3. The molecular formula is C32H32ClF2NO6. The standard InChI is InChI=1S/C30H30ClF2NO2.C2H2O4/c1-21-30(35-20-24-19-25(31)8-13-29(24)36-21)14-17-34(18-15-30)16-2-3-28(22-4-9-26(32)10-5-22)23-6-11-27(33)12-7-23;3-1(4)2(5)6/h3-13,19,21H,2,14-18,20H2,1H3;(H,3,4)(H,5,6). The van der Waals surface area contributed by atoms with Crippen molar-refractivity contribution in [1.29, 1.82) is 0 Å². The molecule has 1 unspecified atom stereocenters. The topological polar surface area (TPSA) is 96.3 Å². The van der Waals surface area contributed by atoms with Crippen LogP contribution < -0.4 is 4.74 Å². The number of carbonyl (C=O) groups is 2. The first-order valence-electron chi connectivity index (χ1n) is 13.6. The molecule has 3 aromatic rings. The van der Waals surface area contributed by atoms with Crippen LogP contribution in [-0.2, 0) is 20.9 Å². The van der Waals surface area contributed by atoms with Crippen LogP contribution in [0.4, 0.5) is 8.78 Å². The normalized spacial score (nSPS) is 17.6. The van der Waals surface area contributed by atoms with Crippen LogP contribution in [-0.4, -0.2) is 58.4 Å². The van der Waals surface area contributed by atoms with Gasteiger partial charge in [0.05, 0.1) is 6.61 Å². The van der Waals surface area contributed by atoms with Crippen molar-refractivity contribution in [1.82, 2.24) is 4.90 Å². The number of piperidine rings is 1. The second-order valence-corrected chi connectivity index (χ2v) is 10.7. The summed E-state index contributed by atoms with van der Waals surface area (Å²) in [6.45, 7) is 5.33. The van der Waals surface area contributed by atoms with Gasteiger partial charge in [0, 0.05) is 30.2 Å². The first-order chi connectivity index (χ1) is 20.1. The van der Waals surface area contributed by atoms with Gasteiger partial charge in [-0.1, -0.05) is 41.9 Å². The van der Waals surface area contributed by atoms with Crippen molar-refractivity contribution in [3.05, 3.63) is 106 Å². The molecule has 5 rings (SSSR count). The second-order valence-electron chi connectivity index (χ2n) is 10.2. The van der Waals surface area contributed by atoms with E-state index in [1.165, 1.54) is 24.3 Å². The van der Waals surface area contributed by atoms with Gasteiger partial charge in [-0.25, -0.2) is 18.4 Å². The van der Waals surface area contributed by atoms with Crippen LogP contribution in [0.5, 0.6) is 5.75 Å². The summed E-state index contributed by atoms with van der Waals surface area (Å²) in [6, 6.07) is 18.6. The highest BCUT2D eigenvalue weighted by Crippen LogP contribution is 2.38. The van der Waals surface area contributed by atoms with Gasteiger partial charge in [0.15, 0.2) is 0 Å². The van der Waals surface area contributed by atoms with E-state index in [1.807, 2.05) is 18.2 Å². The Labute approximate surface area is 247 Å².